The lowest BCUT2D eigenvalue weighted by Crippen LogP contribution is -2.34. The summed E-state index contributed by atoms with van der Waals surface area (Å²) in [6.45, 7) is 0. The summed E-state index contributed by atoms with van der Waals surface area (Å²) in [5.41, 5.74) is 3.54. The monoisotopic (exact) mass is 764 g/mol. The molecule has 6 heteroatoms. The van der Waals surface area contributed by atoms with E-state index in [1.54, 1.807) is 48.5 Å². The highest BCUT2D eigenvalue weighted by Crippen LogP contribution is 2.49. The van der Waals surface area contributed by atoms with E-state index in [2.05, 4.69) is 12.1 Å². The van der Waals surface area contributed by atoms with Gasteiger partial charge < -0.3 is 9.47 Å². The molecule has 2 nitrogen and oxygen atoms in total. The van der Waals surface area contributed by atoms with Gasteiger partial charge in [0.05, 0.1) is 0 Å². The lowest BCUT2D eigenvalue weighted by atomic mass is 9.82. The van der Waals surface area contributed by atoms with Gasteiger partial charge in [-0.15, -0.1) is 0 Å². The van der Waals surface area contributed by atoms with Crippen LogP contribution in [0.15, 0.2) is 170 Å². The van der Waals surface area contributed by atoms with E-state index in [1.165, 1.54) is 48.5 Å². The SMILES string of the molecule is Fc1ccc(C2(c3ccc(F)cc3)C=Cc3c(c(C=Cc4cc5ccccc5c5c4OC(c4ccc(F)cc4)(c4ccc(F)cc4)C=C5)cc4ccccc34)O2)cc1. The van der Waals surface area contributed by atoms with Gasteiger partial charge in [0.15, 0.2) is 11.2 Å². The van der Waals surface area contributed by atoms with Crippen molar-refractivity contribution in [1.29, 1.82) is 0 Å². The number of hydrogen-bond donors (Lipinski definition) is 0. The molecule has 0 amide bonds. The van der Waals surface area contributed by atoms with E-state index < -0.39 is 11.2 Å². The Labute approximate surface area is 332 Å². The van der Waals surface area contributed by atoms with Gasteiger partial charge in [-0.3, -0.25) is 0 Å². The predicted octanol–water partition coefficient (Wildman–Crippen LogP) is 13.4. The fourth-order valence-electron chi connectivity index (χ4n) is 8.28. The van der Waals surface area contributed by atoms with Crippen molar-refractivity contribution >= 4 is 45.8 Å². The number of ether oxygens (including phenoxy) is 2. The van der Waals surface area contributed by atoms with E-state index in [1.807, 2.05) is 85.0 Å². The van der Waals surface area contributed by atoms with E-state index >= 15 is 0 Å². The van der Waals surface area contributed by atoms with Crippen molar-refractivity contribution in [3.8, 4) is 11.5 Å². The largest absolute Gasteiger partial charge is 0.472 e. The summed E-state index contributed by atoms with van der Waals surface area (Å²) in [6.07, 6.45) is 11.9. The maximum absolute atomic E-state index is 14.3. The van der Waals surface area contributed by atoms with E-state index in [-0.39, 0.29) is 23.3 Å². The minimum atomic E-state index is -1.21. The average molecular weight is 765 g/mol. The van der Waals surface area contributed by atoms with Crippen LogP contribution in [0.25, 0.3) is 45.8 Å². The van der Waals surface area contributed by atoms with Gasteiger partial charge in [0, 0.05) is 44.5 Å². The molecule has 0 spiro atoms. The molecule has 8 aromatic rings. The van der Waals surface area contributed by atoms with Crippen LogP contribution in [0.1, 0.15) is 44.5 Å². The normalized spacial score (nSPS) is 14.9. The van der Waals surface area contributed by atoms with Crippen molar-refractivity contribution in [3.05, 3.63) is 238 Å². The summed E-state index contributed by atoms with van der Waals surface area (Å²) in [5.74, 6) is -0.349. The van der Waals surface area contributed by atoms with Crippen LogP contribution in [-0.4, -0.2) is 0 Å². The van der Waals surface area contributed by atoms with Gasteiger partial charge in [-0.25, -0.2) is 17.6 Å². The van der Waals surface area contributed by atoms with Crippen LogP contribution in [0.4, 0.5) is 17.6 Å². The van der Waals surface area contributed by atoms with Crippen LogP contribution >= 0.6 is 0 Å². The summed E-state index contributed by atoms with van der Waals surface area (Å²) < 4.78 is 71.5. The predicted molar refractivity (Wildman–Crippen MR) is 223 cm³/mol. The molecule has 2 heterocycles. The molecule has 0 aliphatic carbocycles. The Morgan fingerprint density at radius 2 is 0.690 bits per heavy atom. The molecular formula is C52H32F4O2. The number of halogens is 4. The van der Waals surface area contributed by atoms with Crippen LogP contribution in [0.2, 0.25) is 0 Å². The van der Waals surface area contributed by atoms with Crippen molar-refractivity contribution in [1.82, 2.24) is 0 Å². The summed E-state index contributed by atoms with van der Waals surface area (Å²) in [4.78, 5) is 0. The van der Waals surface area contributed by atoms with Crippen LogP contribution in [0, 0.1) is 23.3 Å². The third-order valence-electron chi connectivity index (χ3n) is 11.2. The zero-order valence-electron chi connectivity index (χ0n) is 30.8. The summed E-state index contributed by atoms with van der Waals surface area (Å²) in [7, 11) is 0. The topological polar surface area (TPSA) is 18.5 Å². The first-order valence-electron chi connectivity index (χ1n) is 18.9. The molecule has 0 N–H and O–H groups in total. The summed E-state index contributed by atoms with van der Waals surface area (Å²) >= 11 is 0. The van der Waals surface area contributed by atoms with Gasteiger partial charge in [-0.2, -0.15) is 0 Å². The molecule has 2 aliphatic heterocycles. The lowest BCUT2D eigenvalue weighted by Gasteiger charge is -2.37. The maximum Gasteiger partial charge on any atom is 0.178 e. The molecule has 10 rings (SSSR count). The van der Waals surface area contributed by atoms with Crippen LogP contribution in [0.5, 0.6) is 11.5 Å². The molecule has 0 radical (unpaired) electrons. The van der Waals surface area contributed by atoms with Crippen molar-refractivity contribution in [2.75, 3.05) is 0 Å². The summed E-state index contributed by atoms with van der Waals surface area (Å²) in [6, 6.07) is 44.9. The Morgan fingerprint density at radius 3 is 1.02 bits per heavy atom. The minimum Gasteiger partial charge on any atom is -0.472 e. The van der Waals surface area contributed by atoms with Crippen molar-refractivity contribution in [2.45, 2.75) is 11.2 Å². The molecule has 58 heavy (non-hydrogen) atoms. The average Bonchev–Trinajstić information content (AvgIpc) is 3.26. The van der Waals surface area contributed by atoms with Crippen molar-refractivity contribution < 1.29 is 27.0 Å². The fourth-order valence-corrected chi connectivity index (χ4v) is 8.28. The highest BCUT2D eigenvalue weighted by Gasteiger charge is 2.40. The van der Waals surface area contributed by atoms with E-state index in [0.29, 0.717) is 33.8 Å². The smallest absolute Gasteiger partial charge is 0.178 e. The van der Waals surface area contributed by atoms with Crippen molar-refractivity contribution in [2.24, 2.45) is 0 Å². The Bertz CT molecular complexity index is 2670. The van der Waals surface area contributed by atoms with Crippen LogP contribution < -0.4 is 9.47 Å². The highest BCUT2D eigenvalue weighted by atomic mass is 19.1. The third-order valence-corrected chi connectivity index (χ3v) is 11.2. The van der Waals surface area contributed by atoms with Crippen molar-refractivity contribution in [3.63, 3.8) is 0 Å². The van der Waals surface area contributed by atoms with E-state index in [0.717, 1.165) is 43.8 Å². The van der Waals surface area contributed by atoms with Crippen LogP contribution in [-0.2, 0) is 11.2 Å². The molecule has 8 aromatic carbocycles. The maximum atomic E-state index is 14.3. The van der Waals surface area contributed by atoms with Gasteiger partial charge in [-0.05, 0) is 107 Å². The zero-order valence-corrected chi connectivity index (χ0v) is 30.8. The number of rotatable bonds is 6. The molecular weight excluding hydrogens is 733 g/mol. The Morgan fingerprint density at radius 1 is 0.379 bits per heavy atom. The Balaban J connectivity index is 1.16. The molecule has 0 atom stereocenters. The second-order valence-corrected chi connectivity index (χ2v) is 14.6. The molecule has 0 unspecified atom stereocenters. The van der Waals surface area contributed by atoms with E-state index in [9.17, 15) is 17.6 Å². The van der Waals surface area contributed by atoms with E-state index in [4.69, 9.17) is 9.47 Å². The number of hydrogen-bond acceptors (Lipinski definition) is 2. The van der Waals surface area contributed by atoms with Gasteiger partial charge in [0.2, 0.25) is 0 Å². The lowest BCUT2D eigenvalue weighted by molar-refractivity contribution is 0.160. The molecule has 0 fully saturated rings. The second-order valence-electron chi connectivity index (χ2n) is 14.6. The minimum absolute atomic E-state index is 0.383. The molecule has 0 saturated carbocycles. The molecule has 0 aromatic heterocycles. The first kappa shape index (κ1) is 35.2. The number of benzene rings is 8. The molecule has 0 bridgehead atoms. The Hall–Kier alpha value is -7.18. The zero-order chi connectivity index (χ0) is 39.4. The quantitative estimate of drug-likeness (QED) is 0.124. The van der Waals surface area contributed by atoms with Gasteiger partial charge >= 0.3 is 0 Å². The third kappa shape index (κ3) is 5.88. The fraction of sp³-hybridized carbons (Fsp3) is 0.0385. The molecule has 2 aliphatic rings. The first-order chi connectivity index (χ1) is 28.3. The Kier molecular flexibility index (Phi) is 8.38. The van der Waals surface area contributed by atoms with Gasteiger partial charge in [0.25, 0.3) is 0 Å². The highest BCUT2D eigenvalue weighted by molar-refractivity contribution is 6.00. The van der Waals surface area contributed by atoms with Gasteiger partial charge in [0.1, 0.15) is 34.8 Å². The molecule has 0 saturated heterocycles. The first-order valence-corrected chi connectivity index (χ1v) is 18.9. The van der Waals surface area contributed by atoms with Crippen LogP contribution in [0.3, 0.4) is 0 Å². The standard InChI is InChI=1S/C52H32F4O2/c53-41-19-11-37(12-20-41)51(38-13-21-42(54)22-14-38)29-27-47-45-7-3-1-5-33(45)31-35(49(47)57-51)9-10-36-32-34-6-2-4-8-46(34)48-28-30-52(58-50(36)48,39-15-23-43(55)24-16-39)40-17-25-44(56)26-18-40/h1-32H. The molecule has 280 valence electrons. The summed E-state index contributed by atoms with van der Waals surface area (Å²) in [5, 5.41) is 3.96. The number of fused-ring (bicyclic) bond motifs is 6. The second kappa shape index (κ2) is 13.8. The van der Waals surface area contributed by atoms with Gasteiger partial charge in [-0.1, -0.05) is 109 Å².